The normalized spacial score (nSPS) is 14.3. The molecule has 0 saturated heterocycles. The van der Waals surface area contributed by atoms with Crippen LogP contribution in [-0.2, 0) is 0 Å². The Balaban J connectivity index is 1.86. The van der Waals surface area contributed by atoms with E-state index in [2.05, 4.69) is 16.4 Å². The smallest absolute Gasteiger partial charge is 0.162 e. The van der Waals surface area contributed by atoms with Crippen molar-refractivity contribution in [2.24, 2.45) is 0 Å². The van der Waals surface area contributed by atoms with Crippen molar-refractivity contribution in [2.45, 2.75) is 18.9 Å². The lowest BCUT2D eigenvalue weighted by Gasteiger charge is -2.10. The van der Waals surface area contributed by atoms with Crippen molar-refractivity contribution in [3.05, 3.63) is 53.6 Å². The molecule has 0 aliphatic heterocycles. The Morgan fingerprint density at radius 2 is 1.71 bits per heavy atom. The maximum Gasteiger partial charge on any atom is 0.162 e. The number of para-hydroxylation sites is 1. The van der Waals surface area contributed by atoms with Crippen LogP contribution in [0.1, 0.15) is 12.8 Å². The van der Waals surface area contributed by atoms with E-state index >= 15 is 0 Å². The number of fused-ring (bicyclic) bond motifs is 1. The average Bonchev–Trinajstić information content (AvgIpc) is 3.32. The van der Waals surface area contributed by atoms with Gasteiger partial charge < -0.3 is 5.32 Å². The lowest BCUT2D eigenvalue weighted by molar-refractivity contribution is 1.11. The van der Waals surface area contributed by atoms with Crippen molar-refractivity contribution in [1.82, 2.24) is 9.97 Å². The molecule has 1 heterocycles. The minimum Gasteiger partial charge on any atom is -0.367 e. The van der Waals surface area contributed by atoms with Crippen LogP contribution in [0.25, 0.3) is 22.3 Å². The summed E-state index contributed by atoms with van der Waals surface area (Å²) >= 11 is 5.95. The van der Waals surface area contributed by atoms with E-state index < -0.39 is 0 Å². The molecule has 1 saturated carbocycles. The number of benzene rings is 2. The van der Waals surface area contributed by atoms with E-state index in [0.29, 0.717) is 6.04 Å². The summed E-state index contributed by atoms with van der Waals surface area (Å²) in [6.45, 7) is 0. The number of halogens is 1. The standard InChI is InChI=1S/C17H14ClN3/c18-12-7-5-11(6-8-12)16-20-15-4-2-1-3-14(15)17(21-16)19-13-9-10-13/h1-8,13H,9-10H2,(H,19,20,21). The fourth-order valence-corrected chi connectivity index (χ4v) is 2.46. The second-order valence-electron chi connectivity index (χ2n) is 5.34. The first-order valence-electron chi connectivity index (χ1n) is 7.09. The fraction of sp³-hybridized carbons (Fsp3) is 0.176. The minimum absolute atomic E-state index is 0.557. The molecule has 3 aromatic rings. The van der Waals surface area contributed by atoms with Gasteiger partial charge in [0.1, 0.15) is 5.82 Å². The van der Waals surface area contributed by atoms with Gasteiger partial charge in [0, 0.05) is 22.0 Å². The van der Waals surface area contributed by atoms with Crippen LogP contribution in [-0.4, -0.2) is 16.0 Å². The molecule has 1 aliphatic rings. The van der Waals surface area contributed by atoms with Crippen LogP contribution in [0.4, 0.5) is 5.82 Å². The third-order valence-corrected chi connectivity index (χ3v) is 3.88. The highest BCUT2D eigenvalue weighted by Crippen LogP contribution is 2.30. The summed E-state index contributed by atoms with van der Waals surface area (Å²) in [4.78, 5) is 9.38. The molecular formula is C17H14ClN3. The first-order chi connectivity index (χ1) is 10.3. The van der Waals surface area contributed by atoms with Gasteiger partial charge in [-0.25, -0.2) is 9.97 Å². The van der Waals surface area contributed by atoms with Crippen LogP contribution in [0.2, 0.25) is 5.02 Å². The fourth-order valence-electron chi connectivity index (χ4n) is 2.34. The number of anilines is 1. The van der Waals surface area contributed by atoms with Crippen molar-refractivity contribution >= 4 is 28.3 Å². The van der Waals surface area contributed by atoms with Crippen LogP contribution in [0.5, 0.6) is 0 Å². The molecule has 21 heavy (non-hydrogen) atoms. The molecule has 2 aromatic carbocycles. The van der Waals surface area contributed by atoms with Crippen molar-refractivity contribution < 1.29 is 0 Å². The van der Waals surface area contributed by atoms with Crippen LogP contribution >= 0.6 is 11.6 Å². The SMILES string of the molecule is Clc1ccc(-c2nc(NC3CC3)c3ccccc3n2)cc1. The number of hydrogen-bond donors (Lipinski definition) is 1. The Morgan fingerprint density at radius 1 is 0.952 bits per heavy atom. The zero-order chi connectivity index (χ0) is 14.2. The minimum atomic E-state index is 0.557. The zero-order valence-electron chi connectivity index (χ0n) is 11.4. The van der Waals surface area contributed by atoms with E-state index in [1.807, 2.05) is 42.5 Å². The van der Waals surface area contributed by atoms with Crippen molar-refractivity contribution in [1.29, 1.82) is 0 Å². The lowest BCUT2D eigenvalue weighted by Crippen LogP contribution is -2.05. The van der Waals surface area contributed by atoms with Gasteiger partial charge in [-0.1, -0.05) is 23.7 Å². The first-order valence-corrected chi connectivity index (χ1v) is 7.47. The van der Waals surface area contributed by atoms with Gasteiger partial charge in [-0.2, -0.15) is 0 Å². The number of rotatable bonds is 3. The summed E-state index contributed by atoms with van der Waals surface area (Å²) in [5, 5.41) is 5.29. The first kappa shape index (κ1) is 12.6. The van der Waals surface area contributed by atoms with Gasteiger partial charge in [0.05, 0.1) is 5.52 Å². The molecule has 0 spiro atoms. The molecule has 1 N–H and O–H groups in total. The third kappa shape index (κ3) is 2.57. The van der Waals surface area contributed by atoms with Gasteiger partial charge in [0.25, 0.3) is 0 Å². The molecule has 104 valence electrons. The molecule has 1 aliphatic carbocycles. The Hall–Kier alpha value is -2.13. The Labute approximate surface area is 128 Å². The van der Waals surface area contributed by atoms with Crippen molar-refractivity contribution in [2.75, 3.05) is 5.32 Å². The molecule has 1 aromatic heterocycles. The van der Waals surface area contributed by atoms with Gasteiger partial charge in [0.15, 0.2) is 5.82 Å². The molecule has 0 bridgehead atoms. The van der Waals surface area contributed by atoms with Crippen LogP contribution < -0.4 is 5.32 Å². The highest BCUT2D eigenvalue weighted by atomic mass is 35.5. The highest BCUT2D eigenvalue weighted by Gasteiger charge is 2.22. The second kappa shape index (κ2) is 5.01. The van der Waals surface area contributed by atoms with E-state index in [0.717, 1.165) is 33.1 Å². The van der Waals surface area contributed by atoms with Gasteiger partial charge in [0.2, 0.25) is 0 Å². The van der Waals surface area contributed by atoms with Crippen molar-refractivity contribution in [3.8, 4) is 11.4 Å². The maximum atomic E-state index is 5.95. The number of nitrogens with one attached hydrogen (secondary N) is 1. The van der Waals surface area contributed by atoms with Gasteiger partial charge in [-0.3, -0.25) is 0 Å². The summed E-state index contributed by atoms with van der Waals surface area (Å²) in [5.74, 6) is 1.65. The average molecular weight is 296 g/mol. The molecule has 4 heteroatoms. The third-order valence-electron chi connectivity index (χ3n) is 3.62. The van der Waals surface area contributed by atoms with E-state index in [9.17, 15) is 0 Å². The molecule has 0 amide bonds. The summed E-state index contributed by atoms with van der Waals surface area (Å²) in [6.07, 6.45) is 2.43. The maximum absolute atomic E-state index is 5.95. The van der Waals surface area contributed by atoms with Crippen LogP contribution in [0, 0.1) is 0 Å². The number of aromatic nitrogens is 2. The summed E-state index contributed by atoms with van der Waals surface area (Å²) in [7, 11) is 0. The molecule has 0 unspecified atom stereocenters. The Morgan fingerprint density at radius 3 is 2.48 bits per heavy atom. The monoisotopic (exact) mass is 295 g/mol. The lowest BCUT2D eigenvalue weighted by atomic mass is 10.2. The molecule has 4 rings (SSSR count). The summed E-state index contributed by atoms with van der Waals surface area (Å²) in [6, 6.07) is 16.3. The quantitative estimate of drug-likeness (QED) is 0.772. The van der Waals surface area contributed by atoms with E-state index in [4.69, 9.17) is 16.6 Å². The van der Waals surface area contributed by atoms with Gasteiger partial charge in [-0.05, 0) is 49.2 Å². The highest BCUT2D eigenvalue weighted by molar-refractivity contribution is 6.30. The topological polar surface area (TPSA) is 37.8 Å². The predicted molar refractivity (Wildman–Crippen MR) is 86.6 cm³/mol. The van der Waals surface area contributed by atoms with Crippen LogP contribution in [0.15, 0.2) is 48.5 Å². The predicted octanol–water partition coefficient (Wildman–Crippen LogP) is 4.52. The van der Waals surface area contributed by atoms with Crippen LogP contribution in [0.3, 0.4) is 0 Å². The molecule has 0 atom stereocenters. The van der Waals surface area contributed by atoms with E-state index in [-0.39, 0.29) is 0 Å². The molecule has 3 nitrogen and oxygen atoms in total. The number of hydrogen-bond acceptors (Lipinski definition) is 3. The number of nitrogens with zero attached hydrogens (tertiary/aromatic N) is 2. The summed E-state index contributed by atoms with van der Waals surface area (Å²) < 4.78 is 0. The Kier molecular flexibility index (Phi) is 3.00. The van der Waals surface area contributed by atoms with Gasteiger partial charge in [-0.15, -0.1) is 0 Å². The van der Waals surface area contributed by atoms with Gasteiger partial charge >= 0.3 is 0 Å². The largest absolute Gasteiger partial charge is 0.367 e. The zero-order valence-corrected chi connectivity index (χ0v) is 12.1. The second-order valence-corrected chi connectivity index (χ2v) is 5.77. The van der Waals surface area contributed by atoms with E-state index in [1.54, 1.807) is 0 Å². The molecule has 0 radical (unpaired) electrons. The van der Waals surface area contributed by atoms with E-state index in [1.165, 1.54) is 12.8 Å². The molecular weight excluding hydrogens is 282 g/mol. The molecule has 1 fully saturated rings. The Bertz CT molecular complexity index is 795. The summed E-state index contributed by atoms with van der Waals surface area (Å²) in [5.41, 5.74) is 1.93. The van der Waals surface area contributed by atoms with Crippen molar-refractivity contribution in [3.63, 3.8) is 0 Å².